The molecule has 1 heterocycles. The van der Waals surface area contributed by atoms with Gasteiger partial charge in [0, 0.05) is 34.0 Å². The lowest BCUT2D eigenvalue weighted by atomic mass is 9.82. The molecule has 62 heavy (non-hydrogen) atoms. The van der Waals surface area contributed by atoms with E-state index in [9.17, 15) is 59.4 Å². The van der Waals surface area contributed by atoms with E-state index in [0.717, 1.165) is 20.4 Å². The van der Waals surface area contributed by atoms with E-state index in [2.05, 4.69) is 19.8 Å². The number of ether oxygens (including phenoxy) is 2. The monoisotopic (exact) mass is 1010 g/mol. The maximum Gasteiger partial charge on any atom is 0.407 e. The first-order valence-electron chi connectivity index (χ1n) is 17.9. The molecule has 0 bridgehead atoms. The molecule has 3 aromatic rings. The summed E-state index contributed by atoms with van der Waals surface area (Å²) in [5, 5.41) is 18.0. The van der Waals surface area contributed by atoms with Crippen molar-refractivity contribution in [2.75, 3.05) is 20.8 Å². The number of alkyl halides is 8. The van der Waals surface area contributed by atoms with Crippen LogP contribution in [-0.4, -0.2) is 101 Å². The third-order valence-electron chi connectivity index (χ3n) is 9.77. The number of alkyl carbamates (subject to hydrolysis) is 2. The molecule has 0 aliphatic rings. The highest BCUT2D eigenvalue weighted by Gasteiger charge is 2.57. The van der Waals surface area contributed by atoms with E-state index >= 15 is 8.78 Å². The standard InChI is InChI=1S/C37H42F10IN7O7/c1-34(2,36(42,43)44)27(51-32(59)61-5)29(57)50-24(11-18-7-9-20(48)10-8-18)26(56)16-55(53-30(58)28(52-33(60)62-6)35(3,4)37(45,46)47)14-21-22(38)12-19(13-23(21)39)25-15-54(17-49-25)31(40)41/h7-10,12-13,15,17,24,26-28,31,56H,11,14,16H2,1-6H3,(H,50,57)(H,51,59)(H,52,60)(H,53,58)/t24-,26-,27+,28+/m0/s1. The molecule has 4 atom stereocenters. The molecule has 0 spiro atoms. The minimum atomic E-state index is -5.20. The van der Waals surface area contributed by atoms with Gasteiger partial charge in [-0.05, 0) is 86.5 Å². The second-order valence-electron chi connectivity index (χ2n) is 14.8. The molecule has 0 unspecified atom stereocenters. The highest BCUT2D eigenvalue weighted by Crippen LogP contribution is 2.42. The van der Waals surface area contributed by atoms with Gasteiger partial charge in [0.05, 0.1) is 49.2 Å². The summed E-state index contributed by atoms with van der Waals surface area (Å²) in [7, 11) is 1.60. The predicted molar refractivity (Wildman–Crippen MR) is 207 cm³/mol. The van der Waals surface area contributed by atoms with E-state index in [1.165, 1.54) is 12.1 Å². The van der Waals surface area contributed by atoms with Crippen molar-refractivity contribution in [1.82, 2.24) is 35.9 Å². The minimum absolute atomic E-state index is 0.302. The van der Waals surface area contributed by atoms with E-state index in [0.29, 0.717) is 64.9 Å². The zero-order valence-electron chi connectivity index (χ0n) is 33.5. The molecule has 4 amide bonds. The lowest BCUT2D eigenvalue weighted by molar-refractivity contribution is -0.221. The summed E-state index contributed by atoms with van der Waals surface area (Å²) in [4.78, 5) is 55.5. The number of amides is 4. The SMILES string of the molecule is COC(=O)N[C@H](C(=O)N[C@@H](Cc1ccc(I)cc1)[C@@H](O)CN(Cc1c(F)cc(-c2cn(C(F)F)cn2)cc1F)NC(=O)[C@@H](NC(=O)OC)C(C)(C)C(F)(F)F)C(C)(C)C(F)(F)F. The first-order chi connectivity index (χ1) is 28.5. The number of carbonyl (C=O) groups excluding carboxylic acids is 4. The lowest BCUT2D eigenvalue weighted by Crippen LogP contribution is -2.63. The Labute approximate surface area is 361 Å². The van der Waals surface area contributed by atoms with Crippen molar-refractivity contribution in [1.29, 1.82) is 0 Å². The van der Waals surface area contributed by atoms with Gasteiger partial charge in [0.25, 0.3) is 5.91 Å². The Morgan fingerprint density at radius 2 is 1.31 bits per heavy atom. The topological polar surface area (TPSA) is 176 Å². The Morgan fingerprint density at radius 1 is 0.823 bits per heavy atom. The van der Waals surface area contributed by atoms with Gasteiger partial charge in [0.15, 0.2) is 0 Å². The van der Waals surface area contributed by atoms with Crippen LogP contribution in [0.25, 0.3) is 11.3 Å². The van der Waals surface area contributed by atoms with Crippen molar-refractivity contribution in [2.24, 2.45) is 10.8 Å². The maximum atomic E-state index is 15.8. The molecule has 0 aliphatic heterocycles. The van der Waals surface area contributed by atoms with Crippen LogP contribution >= 0.6 is 22.6 Å². The van der Waals surface area contributed by atoms with E-state index in [1.807, 2.05) is 33.3 Å². The van der Waals surface area contributed by atoms with Crippen molar-refractivity contribution in [3.8, 4) is 11.3 Å². The Bertz CT molecular complexity index is 2030. The minimum Gasteiger partial charge on any atom is -0.453 e. The summed E-state index contributed by atoms with van der Waals surface area (Å²) < 4.78 is 153. The number of halogens is 11. The molecule has 1 aromatic heterocycles. The molecular weight excluding hydrogens is 971 g/mol. The number of benzene rings is 2. The highest BCUT2D eigenvalue weighted by atomic mass is 127. The number of imidazole rings is 1. The number of aliphatic hydroxyl groups is 1. The van der Waals surface area contributed by atoms with Crippen LogP contribution in [0.15, 0.2) is 48.9 Å². The number of nitrogens with one attached hydrogen (secondary N) is 4. The third-order valence-corrected chi connectivity index (χ3v) is 10.5. The zero-order valence-corrected chi connectivity index (χ0v) is 35.7. The maximum absolute atomic E-state index is 15.8. The second kappa shape index (κ2) is 20.5. The molecule has 25 heteroatoms. The quantitative estimate of drug-likeness (QED) is 0.0585. The number of aromatic nitrogens is 2. The molecular formula is C37H42F10IN7O7. The average molecular weight is 1010 g/mol. The van der Waals surface area contributed by atoms with Crippen molar-refractivity contribution in [2.45, 2.75) is 83.8 Å². The predicted octanol–water partition coefficient (Wildman–Crippen LogP) is 6.38. The van der Waals surface area contributed by atoms with Gasteiger partial charge in [-0.1, -0.05) is 12.1 Å². The fourth-order valence-corrected chi connectivity index (χ4v) is 6.02. The number of hydrogen-bond acceptors (Lipinski definition) is 9. The molecule has 0 fully saturated rings. The summed E-state index contributed by atoms with van der Waals surface area (Å²) in [6.45, 7) is -3.00. The number of methoxy groups -OCH3 is 2. The van der Waals surface area contributed by atoms with E-state index in [4.69, 9.17) is 0 Å². The number of rotatable bonds is 17. The fourth-order valence-electron chi connectivity index (χ4n) is 5.66. The van der Waals surface area contributed by atoms with Gasteiger partial charge in [-0.25, -0.2) is 28.4 Å². The Hall–Kier alpha value is -4.92. The third kappa shape index (κ3) is 12.8. The molecule has 344 valence electrons. The second-order valence-corrected chi connectivity index (χ2v) is 16.1. The number of hydrazine groups is 1. The van der Waals surface area contributed by atoms with E-state index in [1.54, 1.807) is 17.4 Å². The van der Waals surface area contributed by atoms with Gasteiger partial charge in [0.1, 0.15) is 23.7 Å². The highest BCUT2D eigenvalue weighted by molar-refractivity contribution is 14.1. The van der Waals surface area contributed by atoms with Crippen molar-refractivity contribution in [3.05, 3.63) is 75.3 Å². The Balaban J connectivity index is 2.16. The summed E-state index contributed by atoms with van der Waals surface area (Å²) in [5.74, 6) is -6.00. The summed E-state index contributed by atoms with van der Waals surface area (Å²) >= 11 is 1.95. The normalized spacial score (nSPS) is 14.5. The zero-order chi connectivity index (χ0) is 47.1. The van der Waals surface area contributed by atoms with E-state index < -0.39 is 115 Å². The van der Waals surface area contributed by atoms with Crippen molar-refractivity contribution < 1.29 is 77.7 Å². The summed E-state index contributed by atoms with van der Waals surface area (Å²) in [6.07, 6.45) is -14.3. The summed E-state index contributed by atoms with van der Waals surface area (Å²) in [5.41, 5.74) is -5.30. The van der Waals surface area contributed by atoms with Crippen LogP contribution in [-0.2, 0) is 32.0 Å². The van der Waals surface area contributed by atoms with Crippen LogP contribution in [0, 0.1) is 26.0 Å². The van der Waals surface area contributed by atoms with Gasteiger partial charge in [0.2, 0.25) is 5.91 Å². The Morgan fingerprint density at radius 3 is 1.74 bits per heavy atom. The van der Waals surface area contributed by atoms with Gasteiger partial charge in [-0.3, -0.25) is 19.6 Å². The van der Waals surface area contributed by atoms with Crippen LogP contribution < -0.4 is 21.4 Å². The van der Waals surface area contributed by atoms with Crippen LogP contribution in [0.2, 0.25) is 0 Å². The molecule has 14 nitrogen and oxygen atoms in total. The smallest absolute Gasteiger partial charge is 0.407 e. The first-order valence-corrected chi connectivity index (χ1v) is 19.0. The molecule has 0 radical (unpaired) electrons. The van der Waals surface area contributed by atoms with Crippen LogP contribution in [0.3, 0.4) is 0 Å². The van der Waals surface area contributed by atoms with Gasteiger partial charge < -0.3 is 30.5 Å². The van der Waals surface area contributed by atoms with Crippen LogP contribution in [0.5, 0.6) is 0 Å². The van der Waals surface area contributed by atoms with Gasteiger partial charge >= 0.3 is 31.1 Å². The molecule has 0 aliphatic carbocycles. The number of aliphatic hydroxyl groups excluding tert-OH is 1. The number of nitrogens with zero attached hydrogens (tertiary/aromatic N) is 3. The molecule has 2 aromatic carbocycles. The van der Waals surface area contributed by atoms with Gasteiger partial charge in [-0.2, -0.15) is 35.1 Å². The first kappa shape index (κ1) is 51.4. The van der Waals surface area contributed by atoms with Gasteiger partial charge in [-0.15, -0.1) is 0 Å². The van der Waals surface area contributed by atoms with E-state index in [-0.39, 0.29) is 11.3 Å². The molecule has 0 saturated heterocycles. The van der Waals surface area contributed by atoms with Crippen molar-refractivity contribution in [3.63, 3.8) is 0 Å². The van der Waals surface area contributed by atoms with Crippen molar-refractivity contribution >= 4 is 46.6 Å². The molecule has 0 saturated carbocycles. The number of hydrogen-bond donors (Lipinski definition) is 5. The lowest BCUT2D eigenvalue weighted by Gasteiger charge is -2.38. The van der Waals surface area contributed by atoms with Crippen LogP contribution in [0.4, 0.5) is 53.5 Å². The summed E-state index contributed by atoms with van der Waals surface area (Å²) in [6, 6.07) is 0.889. The molecule has 3 rings (SSSR count). The fraction of sp³-hybridized carbons (Fsp3) is 0.486. The molecule has 5 N–H and O–H groups in total. The number of carbonyl (C=O) groups is 4. The Kier molecular flexibility index (Phi) is 17.0. The average Bonchev–Trinajstić information content (AvgIpc) is 3.67. The van der Waals surface area contributed by atoms with Crippen LogP contribution in [0.1, 0.15) is 45.4 Å². The largest absolute Gasteiger partial charge is 0.453 e.